The fraction of sp³-hybridized carbons (Fsp3) is 0.111. The molecular formula is C18H15N2O5-. The molecule has 0 aliphatic rings. The Labute approximate surface area is 143 Å². The zero-order valence-corrected chi connectivity index (χ0v) is 13.4. The molecule has 0 saturated carbocycles. The highest BCUT2D eigenvalue weighted by Crippen LogP contribution is 2.39. The van der Waals surface area contributed by atoms with E-state index in [0.29, 0.717) is 28.5 Å². The molecule has 0 aliphatic carbocycles. The van der Waals surface area contributed by atoms with Gasteiger partial charge in [-0.05, 0) is 31.2 Å². The molecule has 128 valence electrons. The average molecular weight is 339 g/mol. The number of carbonyl (C=O) groups excluding carboxylic acids is 1. The van der Waals surface area contributed by atoms with Gasteiger partial charge in [-0.2, -0.15) is 5.10 Å². The number of para-hydroxylation sites is 1. The largest absolute Gasteiger partial charge is 0.546 e. The van der Waals surface area contributed by atoms with Crippen molar-refractivity contribution in [3.05, 3.63) is 54.2 Å². The first-order valence-electron chi connectivity index (χ1n) is 7.48. The van der Waals surface area contributed by atoms with Crippen molar-refractivity contribution in [2.45, 2.75) is 6.92 Å². The lowest BCUT2D eigenvalue weighted by atomic mass is 10.1. The number of aliphatic carboxylic acids is 1. The van der Waals surface area contributed by atoms with Gasteiger partial charge >= 0.3 is 0 Å². The lowest BCUT2D eigenvalue weighted by Crippen LogP contribution is -2.28. The quantitative estimate of drug-likeness (QED) is 0.711. The van der Waals surface area contributed by atoms with Crippen LogP contribution in [0.2, 0.25) is 0 Å². The summed E-state index contributed by atoms with van der Waals surface area (Å²) in [5.74, 6) is -0.111. The number of nitrogens with zero attached hydrogens (tertiary/aromatic N) is 1. The number of aromatic amines is 1. The highest BCUT2D eigenvalue weighted by Gasteiger charge is 2.18. The summed E-state index contributed by atoms with van der Waals surface area (Å²) in [7, 11) is 0. The summed E-state index contributed by atoms with van der Waals surface area (Å²) in [6.45, 7) is 1.21. The number of H-pyrrole nitrogens is 1. The number of hydrogen-bond donors (Lipinski definition) is 2. The van der Waals surface area contributed by atoms with E-state index < -0.39 is 12.6 Å². The lowest BCUT2D eigenvalue weighted by molar-refractivity contribution is -0.307. The van der Waals surface area contributed by atoms with Gasteiger partial charge in [0.25, 0.3) is 0 Å². The van der Waals surface area contributed by atoms with E-state index in [1.807, 2.05) is 37.3 Å². The molecule has 3 rings (SSSR count). The molecule has 25 heavy (non-hydrogen) atoms. The Morgan fingerprint density at radius 3 is 2.64 bits per heavy atom. The molecule has 0 spiro atoms. The topological polar surface area (TPSA) is 108 Å². The standard InChI is InChI=1S/C18H16N2O5/c1-11-18(25-12-5-3-2-4-6-12)17(20-19-11)14-8-7-13(9-15(14)21)24-10-16(22)23/h2-9,21H,10H2,1H3,(H,19,20)(H,22,23)/p-1. The number of nitrogens with one attached hydrogen (secondary N) is 1. The molecule has 1 aromatic heterocycles. The lowest BCUT2D eigenvalue weighted by Gasteiger charge is -2.10. The Kier molecular flexibility index (Phi) is 4.56. The van der Waals surface area contributed by atoms with Crippen LogP contribution in [0.5, 0.6) is 23.0 Å². The number of benzene rings is 2. The van der Waals surface area contributed by atoms with E-state index >= 15 is 0 Å². The fourth-order valence-electron chi connectivity index (χ4n) is 2.28. The molecule has 2 aromatic carbocycles. The third-order valence-electron chi connectivity index (χ3n) is 3.44. The first-order chi connectivity index (χ1) is 12.0. The first kappa shape index (κ1) is 16.4. The Balaban J connectivity index is 1.91. The minimum Gasteiger partial charge on any atom is -0.546 e. The molecule has 2 N–H and O–H groups in total. The van der Waals surface area contributed by atoms with E-state index in [0.717, 1.165) is 0 Å². The summed E-state index contributed by atoms with van der Waals surface area (Å²) in [4.78, 5) is 10.4. The van der Waals surface area contributed by atoms with Crippen LogP contribution in [0.25, 0.3) is 11.3 Å². The van der Waals surface area contributed by atoms with Crippen molar-refractivity contribution in [1.29, 1.82) is 0 Å². The number of phenolic OH excluding ortho intramolecular Hbond substituents is 1. The number of carbonyl (C=O) groups is 1. The normalized spacial score (nSPS) is 10.4. The van der Waals surface area contributed by atoms with Crippen molar-refractivity contribution >= 4 is 5.97 Å². The molecule has 1 heterocycles. The minimum atomic E-state index is -1.34. The van der Waals surface area contributed by atoms with Crippen molar-refractivity contribution in [2.75, 3.05) is 6.61 Å². The van der Waals surface area contributed by atoms with Gasteiger partial charge in [-0.25, -0.2) is 0 Å². The molecule has 0 aliphatic heterocycles. The first-order valence-corrected chi connectivity index (χ1v) is 7.48. The van der Waals surface area contributed by atoms with Gasteiger partial charge < -0.3 is 24.5 Å². The second kappa shape index (κ2) is 6.96. The molecule has 0 fully saturated rings. The Morgan fingerprint density at radius 2 is 1.96 bits per heavy atom. The number of ether oxygens (including phenoxy) is 2. The van der Waals surface area contributed by atoms with Crippen LogP contribution in [0.15, 0.2) is 48.5 Å². The molecule has 0 radical (unpaired) electrons. The van der Waals surface area contributed by atoms with E-state index in [9.17, 15) is 15.0 Å². The molecule has 7 heteroatoms. The van der Waals surface area contributed by atoms with E-state index in [1.54, 1.807) is 6.07 Å². The number of aromatic hydroxyl groups is 1. The number of carboxylic acids is 1. The average Bonchev–Trinajstić information content (AvgIpc) is 2.95. The van der Waals surface area contributed by atoms with Crippen LogP contribution in [0.1, 0.15) is 5.69 Å². The molecule has 0 amide bonds. The number of rotatable bonds is 6. The van der Waals surface area contributed by atoms with Crippen molar-refractivity contribution in [3.8, 4) is 34.3 Å². The van der Waals surface area contributed by atoms with Crippen LogP contribution in [0.3, 0.4) is 0 Å². The van der Waals surface area contributed by atoms with Crippen LogP contribution in [-0.2, 0) is 4.79 Å². The van der Waals surface area contributed by atoms with Gasteiger partial charge in [0.15, 0.2) is 5.75 Å². The zero-order valence-electron chi connectivity index (χ0n) is 13.4. The molecular weight excluding hydrogens is 324 g/mol. The van der Waals surface area contributed by atoms with E-state index in [2.05, 4.69) is 10.2 Å². The van der Waals surface area contributed by atoms with E-state index in [1.165, 1.54) is 12.1 Å². The van der Waals surface area contributed by atoms with E-state index in [-0.39, 0.29) is 11.5 Å². The third kappa shape index (κ3) is 3.72. The smallest absolute Gasteiger partial charge is 0.176 e. The third-order valence-corrected chi connectivity index (χ3v) is 3.44. The maximum atomic E-state index is 10.4. The molecule has 0 bridgehead atoms. The van der Waals surface area contributed by atoms with Crippen molar-refractivity contribution in [3.63, 3.8) is 0 Å². The maximum absolute atomic E-state index is 10.4. The van der Waals surface area contributed by atoms with Crippen LogP contribution >= 0.6 is 0 Å². The summed E-state index contributed by atoms with van der Waals surface area (Å²) in [6, 6.07) is 13.6. The highest BCUT2D eigenvalue weighted by atomic mass is 16.5. The maximum Gasteiger partial charge on any atom is 0.176 e. The van der Waals surface area contributed by atoms with Crippen molar-refractivity contribution < 1.29 is 24.5 Å². The molecule has 7 nitrogen and oxygen atoms in total. The second-order valence-corrected chi connectivity index (χ2v) is 5.28. The van der Waals surface area contributed by atoms with Gasteiger partial charge in [0, 0.05) is 11.6 Å². The van der Waals surface area contributed by atoms with Gasteiger partial charge in [0.05, 0.1) is 11.7 Å². The van der Waals surface area contributed by atoms with Gasteiger partial charge in [0.2, 0.25) is 0 Å². The van der Waals surface area contributed by atoms with Gasteiger partial charge in [-0.1, -0.05) is 18.2 Å². The van der Waals surface area contributed by atoms with Gasteiger partial charge in [0.1, 0.15) is 29.5 Å². The van der Waals surface area contributed by atoms with Crippen molar-refractivity contribution in [1.82, 2.24) is 10.2 Å². The highest BCUT2D eigenvalue weighted by molar-refractivity contribution is 5.74. The summed E-state index contributed by atoms with van der Waals surface area (Å²) in [5.41, 5.74) is 1.57. The predicted molar refractivity (Wildman–Crippen MR) is 87.4 cm³/mol. The SMILES string of the molecule is Cc1[nH]nc(-c2ccc(OCC(=O)[O-])cc2O)c1Oc1ccccc1. The summed E-state index contributed by atoms with van der Waals surface area (Å²) in [6.07, 6.45) is 0. The fourth-order valence-corrected chi connectivity index (χ4v) is 2.28. The van der Waals surface area contributed by atoms with E-state index in [4.69, 9.17) is 9.47 Å². The zero-order chi connectivity index (χ0) is 17.8. The number of phenols is 1. The number of aryl methyl sites for hydroxylation is 1. The van der Waals surface area contributed by atoms with Crippen LogP contribution in [0.4, 0.5) is 0 Å². The number of carboxylic acid groups (broad SMARTS) is 1. The Morgan fingerprint density at radius 1 is 1.20 bits per heavy atom. The Hall–Kier alpha value is -3.48. The van der Waals surface area contributed by atoms with Crippen molar-refractivity contribution in [2.24, 2.45) is 0 Å². The summed E-state index contributed by atoms with van der Waals surface area (Å²) in [5, 5.41) is 27.7. The molecule has 0 atom stereocenters. The second-order valence-electron chi connectivity index (χ2n) is 5.28. The summed E-state index contributed by atoms with van der Waals surface area (Å²) < 4.78 is 10.9. The number of hydrogen-bond acceptors (Lipinski definition) is 6. The van der Waals surface area contributed by atoms with Crippen LogP contribution in [0, 0.1) is 6.92 Å². The minimum absolute atomic E-state index is 0.111. The predicted octanol–water partition coefficient (Wildman–Crippen LogP) is 2.01. The molecule has 3 aromatic rings. The van der Waals surface area contributed by atoms with Crippen LogP contribution in [-0.4, -0.2) is 27.9 Å². The Bertz CT molecular complexity index is 890. The number of aromatic nitrogens is 2. The molecule has 0 saturated heterocycles. The van der Waals surface area contributed by atoms with Crippen LogP contribution < -0.4 is 14.6 Å². The monoisotopic (exact) mass is 339 g/mol. The van der Waals surface area contributed by atoms with Gasteiger partial charge in [-0.15, -0.1) is 0 Å². The van der Waals surface area contributed by atoms with Gasteiger partial charge in [-0.3, -0.25) is 5.10 Å². The summed E-state index contributed by atoms with van der Waals surface area (Å²) >= 11 is 0. The molecule has 0 unspecified atom stereocenters.